The number of rotatable bonds is 2. The molecule has 4 rings (SSSR count). The zero-order chi connectivity index (χ0) is 19.8. The highest BCUT2D eigenvalue weighted by Crippen LogP contribution is 2.69. The number of ketones is 2. The normalized spacial score (nSPS) is 51.3. The summed E-state index contributed by atoms with van der Waals surface area (Å²) in [7, 11) is 0. The molecule has 0 amide bonds. The number of aliphatic hydroxyl groups excluding tert-OH is 1. The quantitative estimate of drug-likeness (QED) is 0.719. The van der Waals surface area contributed by atoms with E-state index in [2.05, 4.69) is 6.92 Å². The van der Waals surface area contributed by atoms with Crippen LogP contribution in [0.3, 0.4) is 0 Å². The van der Waals surface area contributed by atoms with E-state index in [9.17, 15) is 14.7 Å². The molecule has 0 spiro atoms. The summed E-state index contributed by atoms with van der Waals surface area (Å²) in [6.45, 7) is 5.92. The summed E-state index contributed by atoms with van der Waals surface area (Å²) in [4.78, 5) is 24.4. The Bertz CT molecular complexity index is 761. The van der Waals surface area contributed by atoms with Crippen LogP contribution in [0.5, 0.6) is 0 Å². The first-order valence-electron chi connectivity index (χ1n) is 9.99. The lowest BCUT2D eigenvalue weighted by Crippen LogP contribution is -2.66. The zero-order valence-corrected chi connectivity index (χ0v) is 16.9. The zero-order valence-electron chi connectivity index (χ0n) is 16.2. The Labute approximate surface area is 165 Å². The van der Waals surface area contributed by atoms with Gasteiger partial charge in [-0.2, -0.15) is 0 Å². The molecular formula is C22H28ClFO3. The van der Waals surface area contributed by atoms with Gasteiger partial charge >= 0.3 is 0 Å². The van der Waals surface area contributed by atoms with Gasteiger partial charge in [-0.15, -0.1) is 11.6 Å². The van der Waals surface area contributed by atoms with E-state index in [1.807, 2.05) is 13.8 Å². The van der Waals surface area contributed by atoms with Crippen molar-refractivity contribution in [1.29, 1.82) is 0 Å². The SMILES string of the molecule is C[C@H]1CC2[C@@H]3CCC4=CC(=O)C=C[C@]4(C)[C@@]3(F)[C@@H](O)C[C@]2(C)[C@H]1C(=O)CCl. The van der Waals surface area contributed by atoms with Crippen molar-refractivity contribution in [3.05, 3.63) is 23.8 Å². The van der Waals surface area contributed by atoms with Crippen LogP contribution in [0.15, 0.2) is 23.8 Å². The van der Waals surface area contributed by atoms with Gasteiger partial charge in [0.15, 0.2) is 17.2 Å². The molecule has 1 unspecified atom stereocenters. The molecule has 0 radical (unpaired) electrons. The minimum Gasteiger partial charge on any atom is -0.390 e. The second-order valence-corrected chi connectivity index (χ2v) is 9.91. The number of hydrogen-bond acceptors (Lipinski definition) is 3. The molecule has 4 aliphatic rings. The largest absolute Gasteiger partial charge is 0.390 e. The minimum atomic E-state index is -1.82. The monoisotopic (exact) mass is 394 g/mol. The molecule has 3 fully saturated rings. The number of hydrogen-bond donors (Lipinski definition) is 1. The van der Waals surface area contributed by atoms with E-state index in [4.69, 9.17) is 11.6 Å². The van der Waals surface area contributed by atoms with E-state index >= 15 is 4.39 Å². The van der Waals surface area contributed by atoms with Crippen molar-refractivity contribution in [2.75, 3.05) is 5.88 Å². The van der Waals surface area contributed by atoms with E-state index < -0.39 is 22.6 Å². The fraction of sp³-hybridized carbons (Fsp3) is 0.727. The van der Waals surface area contributed by atoms with Crippen LogP contribution in [-0.4, -0.2) is 34.3 Å². The molecule has 0 heterocycles. The van der Waals surface area contributed by atoms with Gasteiger partial charge in [-0.25, -0.2) is 4.39 Å². The third kappa shape index (κ3) is 2.29. The maximum absolute atomic E-state index is 16.8. The number of fused-ring (bicyclic) bond motifs is 5. The van der Waals surface area contributed by atoms with Crippen LogP contribution in [-0.2, 0) is 9.59 Å². The standard InChI is InChI=1S/C22H28ClFO3/c1-12-8-16-15-5-4-13-9-14(25)6-7-21(13,3)22(15,24)18(27)10-20(16,2)19(12)17(26)11-23/h6-7,9,12,15-16,18-19,27H,4-5,8,10-11H2,1-3H3/t12-,15-,16?,18-,19+,20-,21-,22-/m0/s1. The van der Waals surface area contributed by atoms with Crippen LogP contribution in [0.25, 0.3) is 0 Å². The van der Waals surface area contributed by atoms with Gasteiger partial charge in [-0.1, -0.05) is 25.5 Å². The van der Waals surface area contributed by atoms with Gasteiger partial charge in [-0.3, -0.25) is 9.59 Å². The summed E-state index contributed by atoms with van der Waals surface area (Å²) in [6.07, 6.45) is 5.78. The van der Waals surface area contributed by atoms with E-state index in [-0.39, 0.29) is 47.5 Å². The van der Waals surface area contributed by atoms with Crippen molar-refractivity contribution in [3.8, 4) is 0 Å². The molecule has 0 bridgehead atoms. The van der Waals surface area contributed by atoms with Gasteiger partial charge in [0.25, 0.3) is 0 Å². The van der Waals surface area contributed by atoms with Crippen LogP contribution < -0.4 is 0 Å². The van der Waals surface area contributed by atoms with Crippen LogP contribution in [0.1, 0.15) is 46.5 Å². The minimum absolute atomic E-state index is 0.0125. The Kier molecular flexibility index (Phi) is 4.29. The molecule has 3 nitrogen and oxygen atoms in total. The van der Waals surface area contributed by atoms with Crippen LogP contribution >= 0.6 is 11.6 Å². The van der Waals surface area contributed by atoms with Gasteiger partial charge in [0, 0.05) is 17.3 Å². The van der Waals surface area contributed by atoms with E-state index in [0.717, 1.165) is 12.0 Å². The Morgan fingerprint density at radius 1 is 1.37 bits per heavy atom. The molecule has 1 N–H and O–H groups in total. The first-order chi connectivity index (χ1) is 12.6. The van der Waals surface area contributed by atoms with Crippen LogP contribution in [0, 0.1) is 34.5 Å². The molecule has 4 aliphatic carbocycles. The van der Waals surface area contributed by atoms with Crippen molar-refractivity contribution in [2.45, 2.75) is 58.2 Å². The van der Waals surface area contributed by atoms with Gasteiger partial charge in [0.2, 0.25) is 0 Å². The molecule has 0 aromatic heterocycles. The predicted molar refractivity (Wildman–Crippen MR) is 102 cm³/mol. The van der Waals surface area contributed by atoms with Gasteiger partial charge in [0.05, 0.1) is 12.0 Å². The number of aliphatic hydroxyl groups is 1. The highest BCUT2D eigenvalue weighted by atomic mass is 35.5. The fourth-order valence-electron chi connectivity index (χ4n) is 7.35. The topological polar surface area (TPSA) is 54.4 Å². The molecular weight excluding hydrogens is 367 g/mol. The third-order valence-corrected chi connectivity index (χ3v) is 8.72. The van der Waals surface area contributed by atoms with Crippen molar-refractivity contribution in [1.82, 2.24) is 0 Å². The summed E-state index contributed by atoms with van der Waals surface area (Å²) in [5.41, 5.74) is -2.44. The lowest BCUT2D eigenvalue weighted by molar-refractivity contribution is -0.195. The van der Waals surface area contributed by atoms with Crippen molar-refractivity contribution < 1.29 is 19.1 Å². The summed E-state index contributed by atoms with van der Waals surface area (Å²) in [5.74, 6) is -0.528. The molecule has 3 saturated carbocycles. The fourth-order valence-corrected chi connectivity index (χ4v) is 7.51. The molecule has 148 valence electrons. The Morgan fingerprint density at radius 3 is 2.74 bits per heavy atom. The van der Waals surface area contributed by atoms with Crippen molar-refractivity contribution in [2.24, 2.45) is 34.5 Å². The highest BCUT2D eigenvalue weighted by Gasteiger charge is 2.71. The molecule has 0 saturated heterocycles. The third-order valence-electron chi connectivity index (χ3n) is 8.46. The molecule has 0 aliphatic heterocycles. The average molecular weight is 395 g/mol. The number of carbonyl (C=O) groups excluding carboxylic acids is 2. The van der Waals surface area contributed by atoms with E-state index in [1.54, 1.807) is 12.2 Å². The van der Waals surface area contributed by atoms with Crippen LogP contribution in [0.2, 0.25) is 0 Å². The number of Topliss-reactive ketones (excluding diaryl/α,β-unsaturated/α-hetero) is 1. The Balaban J connectivity index is 1.80. The maximum atomic E-state index is 16.8. The van der Waals surface area contributed by atoms with Gasteiger partial charge in [-0.05, 0) is 62.0 Å². The van der Waals surface area contributed by atoms with Gasteiger partial charge < -0.3 is 5.11 Å². The molecule has 0 aromatic carbocycles. The molecule has 0 aromatic rings. The smallest absolute Gasteiger partial charge is 0.178 e. The van der Waals surface area contributed by atoms with Crippen molar-refractivity contribution in [3.63, 3.8) is 0 Å². The molecule has 27 heavy (non-hydrogen) atoms. The number of carbonyl (C=O) groups is 2. The second-order valence-electron chi connectivity index (χ2n) is 9.64. The predicted octanol–water partition coefficient (Wildman–Crippen LogP) is 4.03. The van der Waals surface area contributed by atoms with Gasteiger partial charge in [0.1, 0.15) is 0 Å². The summed E-state index contributed by atoms with van der Waals surface area (Å²) >= 11 is 5.88. The van der Waals surface area contributed by atoms with Crippen LogP contribution in [0.4, 0.5) is 4.39 Å². The second kappa shape index (κ2) is 6.00. The Morgan fingerprint density at radius 2 is 2.07 bits per heavy atom. The Hall–Kier alpha value is -1.00. The summed E-state index contributed by atoms with van der Waals surface area (Å²) < 4.78 is 16.8. The molecule has 5 heteroatoms. The number of allylic oxidation sites excluding steroid dienone is 4. The number of halogens is 2. The first kappa shape index (κ1) is 19.3. The maximum Gasteiger partial charge on any atom is 0.178 e. The lowest BCUT2D eigenvalue weighted by atomic mass is 9.45. The average Bonchev–Trinajstić information content (AvgIpc) is 2.86. The first-order valence-corrected chi connectivity index (χ1v) is 10.5. The molecule has 8 atom stereocenters. The summed E-state index contributed by atoms with van der Waals surface area (Å²) in [6, 6.07) is 0. The lowest BCUT2D eigenvalue weighted by Gasteiger charge is -2.62. The van der Waals surface area contributed by atoms with E-state index in [0.29, 0.717) is 12.8 Å². The number of alkyl halides is 2. The highest BCUT2D eigenvalue weighted by molar-refractivity contribution is 6.28. The van der Waals surface area contributed by atoms with Crippen molar-refractivity contribution >= 4 is 23.2 Å². The summed E-state index contributed by atoms with van der Waals surface area (Å²) in [5, 5.41) is 11.1. The van der Waals surface area contributed by atoms with E-state index in [1.165, 1.54) is 6.08 Å².